The average Bonchev–Trinajstić information content (AvgIpc) is 2.96. The van der Waals surface area contributed by atoms with Gasteiger partial charge in [-0.25, -0.2) is 0 Å². The summed E-state index contributed by atoms with van der Waals surface area (Å²) in [6, 6.07) is 5.96. The van der Waals surface area contributed by atoms with Crippen LogP contribution in [-0.4, -0.2) is 40.0 Å². The Labute approximate surface area is 204 Å². The molecular weight excluding hydrogens is 458 g/mol. The number of hydrogen-bond acceptors (Lipinski definition) is 6. The molecule has 1 amide bonds. The molecule has 0 fully saturated rings. The summed E-state index contributed by atoms with van der Waals surface area (Å²) < 4.78 is 7.47. The Morgan fingerprint density at radius 3 is 2.64 bits per heavy atom. The summed E-state index contributed by atoms with van der Waals surface area (Å²) in [5.41, 5.74) is 3.87. The van der Waals surface area contributed by atoms with Crippen LogP contribution in [0.5, 0.6) is 5.75 Å². The molecule has 0 saturated carbocycles. The number of halogens is 1. The van der Waals surface area contributed by atoms with Gasteiger partial charge in [0.15, 0.2) is 5.82 Å². The summed E-state index contributed by atoms with van der Waals surface area (Å²) in [5.74, 6) is 2.48. The maximum Gasteiger partial charge on any atom is 0.216 e. The summed E-state index contributed by atoms with van der Waals surface area (Å²) in [4.78, 5) is 14.8. The largest absolute Gasteiger partial charge is 0.497 e. The van der Waals surface area contributed by atoms with Crippen molar-refractivity contribution in [3.05, 3.63) is 69.0 Å². The smallest absolute Gasteiger partial charge is 0.216 e. The number of benzene rings is 1. The first kappa shape index (κ1) is 26.4. The molecule has 1 aromatic heterocycles. The second-order valence-electron chi connectivity index (χ2n) is 6.68. The number of hydrogen-bond donors (Lipinski definition) is 1. The highest BCUT2D eigenvalue weighted by atomic mass is 35.5. The number of aliphatic imine (C=N–C) groups is 1. The number of carbonyl (C=O) groups excluding carboxylic acids is 1. The monoisotopic (exact) mass is 487 g/mol. The van der Waals surface area contributed by atoms with E-state index in [1.165, 1.54) is 6.92 Å². The molecule has 1 N–H and O–H groups in total. The molecule has 0 spiro atoms. The molecule has 1 aromatic carbocycles. The number of amides is 1. The lowest BCUT2D eigenvalue weighted by molar-refractivity contribution is -0.118. The lowest BCUT2D eigenvalue weighted by Gasteiger charge is -2.14. The van der Waals surface area contributed by atoms with Crippen molar-refractivity contribution in [2.24, 2.45) is 4.99 Å². The van der Waals surface area contributed by atoms with E-state index in [1.807, 2.05) is 73.4 Å². The number of fused-ring (bicyclic) bond motifs is 3. The van der Waals surface area contributed by atoms with E-state index < -0.39 is 0 Å². The summed E-state index contributed by atoms with van der Waals surface area (Å²) >= 11 is 7.66. The van der Waals surface area contributed by atoms with Crippen molar-refractivity contribution in [3.63, 3.8) is 0 Å². The van der Waals surface area contributed by atoms with E-state index in [-0.39, 0.29) is 5.91 Å². The Hall–Kier alpha value is -2.84. The minimum absolute atomic E-state index is 0.0394. The predicted molar refractivity (Wildman–Crippen MR) is 137 cm³/mol. The highest BCUT2D eigenvalue weighted by Crippen LogP contribution is 2.31. The highest BCUT2D eigenvalue weighted by Gasteiger charge is 2.22. The fourth-order valence-electron chi connectivity index (χ4n) is 3.13. The van der Waals surface area contributed by atoms with Crippen molar-refractivity contribution in [3.8, 4) is 11.4 Å². The third-order valence-electron chi connectivity index (χ3n) is 4.47. The third kappa shape index (κ3) is 6.82. The van der Waals surface area contributed by atoms with Gasteiger partial charge in [0.2, 0.25) is 5.91 Å². The van der Waals surface area contributed by atoms with Gasteiger partial charge in [0.1, 0.15) is 18.1 Å². The van der Waals surface area contributed by atoms with Crippen LogP contribution in [0.25, 0.3) is 5.69 Å². The van der Waals surface area contributed by atoms with E-state index in [1.54, 1.807) is 18.9 Å². The number of aryl methyl sites for hydroxylation is 1. The van der Waals surface area contributed by atoms with Crippen LogP contribution >= 0.6 is 23.4 Å². The third-order valence-corrected chi connectivity index (χ3v) is 5.61. The zero-order valence-corrected chi connectivity index (χ0v) is 21.4. The first-order valence-corrected chi connectivity index (χ1v) is 12.0. The zero-order valence-electron chi connectivity index (χ0n) is 19.8. The number of thioether (sulfide) groups is 1. The van der Waals surface area contributed by atoms with Crippen LogP contribution < -0.4 is 10.1 Å². The Morgan fingerprint density at radius 2 is 2.00 bits per heavy atom. The average molecular weight is 488 g/mol. The highest BCUT2D eigenvalue weighted by molar-refractivity contribution is 8.05. The van der Waals surface area contributed by atoms with Crippen LogP contribution in [0.3, 0.4) is 0 Å². The lowest BCUT2D eigenvalue weighted by atomic mass is 10.0. The first-order chi connectivity index (χ1) is 15.9. The van der Waals surface area contributed by atoms with Crippen molar-refractivity contribution < 1.29 is 9.53 Å². The van der Waals surface area contributed by atoms with E-state index in [9.17, 15) is 4.79 Å². The van der Waals surface area contributed by atoms with E-state index >= 15 is 0 Å². The van der Waals surface area contributed by atoms with Gasteiger partial charge >= 0.3 is 0 Å². The van der Waals surface area contributed by atoms with Crippen molar-refractivity contribution in [2.75, 3.05) is 13.7 Å². The molecule has 2 aliphatic heterocycles. The number of rotatable bonds is 3. The van der Waals surface area contributed by atoms with Crippen LogP contribution in [0.4, 0.5) is 0 Å². The number of methoxy groups -OCH3 is 1. The van der Waals surface area contributed by atoms with Gasteiger partial charge in [-0.2, -0.15) is 0 Å². The predicted octanol–water partition coefficient (Wildman–Crippen LogP) is 5.32. The normalized spacial score (nSPS) is 13.7. The van der Waals surface area contributed by atoms with Gasteiger partial charge in [-0.15, -0.1) is 22.0 Å². The molecule has 0 unspecified atom stereocenters. The fourth-order valence-corrected chi connectivity index (χ4v) is 3.97. The van der Waals surface area contributed by atoms with Crippen molar-refractivity contribution >= 4 is 35.0 Å². The SMILES string of the molecule is CC.CCNC(C)=O.COc1ccc2c(c1)C(C1=CSC=C(Cl)C=C1)=NCc1nnc(C)n1-2. The van der Waals surface area contributed by atoms with E-state index in [0.717, 1.165) is 46.5 Å². The number of nitrogens with zero attached hydrogens (tertiary/aromatic N) is 4. The van der Waals surface area contributed by atoms with Crippen LogP contribution in [0.2, 0.25) is 0 Å². The van der Waals surface area contributed by atoms with Crippen molar-refractivity contribution in [1.82, 2.24) is 20.1 Å². The van der Waals surface area contributed by atoms with E-state index in [2.05, 4.69) is 15.5 Å². The van der Waals surface area contributed by atoms with Crippen molar-refractivity contribution in [2.45, 2.75) is 41.2 Å². The van der Waals surface area contributed by atoms with Crippen LogP contribution in [0, 0.1) is 6.92 Å². The van der Waals surface area contributed by atoms with Gasteiger partial charge in [-0.3, -0.25) is 14.4 Å². The zero-order chi connectivity index (χ0) is 24.4. The lowest BCUT2D eigenvalue weighted by Crippen LogP contribution is -2.18. The minimum atomic E-state index is 0.0394. The second kappa shape index (κ2) is 13.0. The summed E-state index contributed by atoms with van der Waals surface area (Å²) in [6.45, 7) is 10.5. The summed E-state index contributed by atoms with van der Waals surface area (Å²) in [6.07, 6.45) is 3.87. The Balaban J connectivity index is 0.000000421. The number of carbonyl (C=O) groups is 1. The van der Waals surface area contributed by atoms with Crippen molar-refractivity contribution in [1.29, 1.82) is 0 Å². The molecule has 7 nitrogen and oxygen atoms in total. The minimum Gasteiger partial charge on any atom is -0.497 e. The van der Waals surface area contributed by atoms with Gasteiger partial charge in [0.25, 0.3) is 0 Å². The molecule has 0 atom stereocenters. The molecular formula is C24H30ClN5O2S. The topological polar surface area (TPSA) is 81.4 Å². The van der Waals surface area contributed by atoms with Gasteiger partial charge in [-0.1, -0.05) is 31.5 Å². The standard InChI is InChI=1S/C18H15ClN4OS.C4H9NO.C2H6/c1-11-21-22-17-8-20-18(12-3-4-13(19)10-25-9-12)15-7-14(24-2)5-6-16(15)23(11)17;1-3-5-4(2)6;1-2/h3-7,9-10H,8H2,1-2H3;3H2,1-2H3,(H,5,6);1-2H3. The summed E-state index contributed by atoms with van der Waals surface area (Å²) in [5, 5.41) is 15.7. The number of ether oxygens (including phenoxy) is 1. The molecule has 3 heterocycles. The van der Waals surface area contributed by atoms with E-state index in [0.29, 0.717) is 11.6 Å². The number of nitrogens with one attached hydrogen (secondary N) is 1. The van der Waals surface area contributed by atoms with Gasteiger partial charge < -0.3 is 10.1 Å². The van der Waals surface area contributed by atoms with Crippen LogP contribution in [0.1, 0.15) is 44.9 Å². The molecule has 176 valence electrons. The quantitative estimate of drug-likeness (QED) is 0.633. The van der Waals surface area contributed by atoms with Gasteiger partial charge in [0.05, 0.1) is 18.5 Å². The maximum atomic E-state index is 9.93. The number of allylic oxidation sites excluding steroid dienone is 4. The molecule has 33 heavy (non-hydrogen) atoms. The van der Waals surface area contributed by atoms with Gasteiger partial charge in [-0.05, 0) is 48.9 Å². The molecule has 0 bridgehead atoms. The maximum absolute atomic E-state index is 9.93. The number of aromatic nitrogens is 3. The fraction of sp³-hybridized carbons (Fsp3) is 0.333. The molecule has 9 heteroatoms. The van der Waals surface area contributed by atoms with Gasteiger partial charge in [0, 0.05) is 29.6 Å². The molecule has 0 radical (unpaired) electrons. The first-order valence-electron chi connectivity index (χ1n) is 10.7. The Kier molecular flexibility index (Phi) is 10.4. The Bertz CT molecular complexity index is 1100. The molecule has 2 aliphatic rings. The van der Waals surface area contributed by atoms with Crippen LogP contribution in [0.15, 0.2) is 56.8 Å². The second-order valence-corrected chi connectivity index (χ2v) is 7.86. The summed E-state index contributed by atoms with van der Waals surface area (Å²) in [7, 11) is 1.66. The van der Waals surface area contributed by atoms with E-state index in [4.69, 9.17) is 21.3 Å². The molecule has 0 aliphatic carbocycles. The van der Waals surface area contributed by atoms with Crippen LogP contribution in [-0.2, 0) is 11.3 Å². The molecule has 4 rings (SSSR count). The Morgan fingerprint density at radius 1 is 1.24 bits per heavy atom. The molecule has 0 saturated heterocycles. The molecule has 2 aromatic rings.